The quantitative estimate of drug-likeness (QED) is 0.453. The van der Waals surface area contributed by atoms with Crippen molar-refractivity contribution in [2.24, 2.45) is 5.92 Å². The Labute approximate surface area is 211 Å². The lowest BCUT2D eigenvalue weighted by Crippen LogP contribution is -2.22. The van der Waals surface area contributed by atoms with Gasteiger partial charge in [0.25, 0.3) is 11.8 Å². The number of hydrogen-bond acceptors (Lipinski definition) is 5. The molecular formula is C27H26F3N3O4. The van der Waals surface area contributed by atoms with Crippen molar-refractivity contribution in [2.45, 2.75) is 32.4 Å². The Hall–Kier alpha value is -3.95. The molecule has 1 heterocycles. The number of fused-ring (bicyclic) bond motifs is 1. The molecule has 3 aromatic rings. The van der Waals surface area contributed by atoms with Crippen LogP contribution in [0.5, 0.6) is 0 Å². The number of rotatable bonds is 4. The molecule has 194 valence electrons. The molecule has 1 unspecified atom stereocenters. The Balaban J connectivity index is 1.91. The largest absolute Gasteiger partial charge is 0.469 e. The zero-order valence-corrected chi connectivity index (χ0v) is 20.8. The highest BCUT2D eigenvalue weighted by Gasteiger charge is 2.37. The number of methoxy groups -OCH3 is 1. The zero-order valence-electron chi connectivity index (χ0n) is 20.8. The van der Waals surface area contributed by atoms with Crippen LogP contribution in [0.4, 0.5) is 13.2 Å². The molecule has 0 radical (unpaired) electrons. The monoisotopic (exact) mass is 513 g/mol. The van der Waals surface area contributed by atoms with E-state index in [0.29, 0.717) is 30.3 Å². The summed E-state index contributed by atoms with van der Waals surface area (Å²) in [6.45, 7) is 1.44. The van der Waals surface area contributed by atoms with Crippen molar-refractivity contribution in [1.82, 2.24) is 14.7 Å². The zero-order chi connectivity index (χ0) is 27.1. The Morgan fingerprint density at radius 3 is 2.46 bits per heavy atom. The van der Waals surface area contributed by atoms with Crippen molar-refractivity contribution in [1.29, 1.82) is 0 Å². The third-order valence-electron chi connectivity index (χ3n) is 6.57. The number of carbonyl (C=O) groups is 3. The number of alkyl halides is 3. The minimum Gasteiger partial charge on any atom is -0.469 e. The summed E-state index contributed by atoms with van der Waals surface area (Å²) in [7, 11) is 4.48. The van der Waals surface area contributed by atoms with Crippen LogP contribution in [0.1, 0.15) is 56.8 Å². The maximum atomic E-state index is 13.8. The normalized spacial score (nSPS) is 15.9. The third kappa shape index (κ3) is 4.87. The summed E-state index contributed by atoms with van der Waals surface area (Å²) in [6.07, 6.45) is -1.51. The Kier molecular flexibility index (Phi) is 6.94. The van der Waals surface area contributed by atoms with Gasteiger partial charge in [-0.2, -0.15) is 23.0 Å². The van der Waals surface area contributed by atoms with Gasteiger partial charge < -0.3 is 9.64 Å². The average molecular weight is 514 g/mol. The standard InChI is InChI=1S/C27H26F3N3O4/c1-15-6-5-7-20(27(28,29)30)22(15)25(35)33-21-14-18(24(34)32(2)3)12-13-19(21)23(31-33)16-8-10-17(11-9-16)26(36)37-4/h5-8,12-14,17H,9-11H2,1-4H3. The molecule has 37 heavy (non-hydrogen) atoms. The van der Waals surface area contributed by atoms with Crippen LogP contribution in [-0.2, 0) is 15.7 Å². The molecule has 0 saturated carbocycles. The fourth-order valence-electron chi connectivity index (χ4n) is 4.62. The number of hydrogen-bond donors (Lipinski definition) is 0. The number of halogens is 3. The number of aromatic nitrogens is 2. The number of amides is 1. The summed E-state index contributed by atoms with van der Waals surface area (Å²) in [6, 6.07) is 8.27. The van der Waals surface area contributed by atoms with Crippen molar-refractivity contribution in [3.8, 4) is 0 Å². The first-order valence-corrected chi connectivity index (χ1v) is 11.7. The van der Waals surface area contributed by atoms with Gasteiger partial charge in [-0.1, -0.05) is 18.2 Å². The summed E-state index contributed by atoms with van der Waals surface area (Å²) in [4.78, 5) is 39.6. The third-order valence-corrected chi connectivity index (χ3v) is 6.57. The average Bonchev–Trinajstić information content (AvgIpc) is 3.25. The summed E-state index contributed by atoms with van der Waals surface area (Å²) >= 11 is 0. The first kappa shape index (κ1) is 26.1. The van der Waals surface area contributed by atoms with Gasteiger partial charge in [0.1, 0.15) is 0 Å². The van der Waals surface area contributed by atoms with Gasteiger partial charge >= 0.3 is 12.1 Å². The Morgan fingerprint density at radius 1 is 1.14 bits per heavy atom. The Bertz CT molecular complexity index is 1440. The van der Waals surface area contributed by atoms with Crippen molar-refractivity contribution >= 4 is 34.3 Å². The van der Waals surface area contributed by atoms with Crippen molar-refractivity contribution in [2.75, 3.05) is 21.2 Å². The van der Waals surface area contributed by atoms with Crippen molar-refractivity contribution in [3.05, 3.63) is 70.4 Å². The minimum atomic E-state index is -4.75. The molecule has 1 aliphatic carbocycles. The van der Waals surface area contributed by atoms with Crippen LogP contribution in [0.25, 0.3) is 16.5 Å². The molecule has 0 bridgehead atoms. The second-order valence-corrected chi connectivity index (χ2v) is 9.22. The van der Waals surface area contributed by atoms with Crippen molar-refractivity contribution < 1.29 is 32.3 Å². The summed E-state index contributed by atoms with van der Waals surface area (Å²) in [5.41, 5.74) is 0.284. The van der Waals surface area contributed by atoms with Crippen LogP contribution >= 0.6 is 0 Å². The van der Waals surface area contributed by atoms with E-state index in [9.17, 15) is 27.6 Å². The van der Waals surface area contributed by atoms with Gasteiger partial charge in [-0.25, -0.2) is 0 Å². The molecule has 0 spiro atoms. The Morgan fingerprint density at radius 2 is 1.86 bits per heavy atom. The fourth-order valence-corrected chi connectivity index (χ4v) is 4.62. The number of esters is 1. The van der Waals surface area contributed by atoms with Gasteiger partial charge in [-0.05, 0) is 61.6 Å². The molecule has 0 N–H and O–H groups in total. The van der Waals surface area contributed by atoms with Gasteiger partial charge in [-0.15, -0.1) is 0 Å². The van der Waals surface area contributed by atoms with E-state index in [0.717, 1.165) is 16.3 Å². The minimum absolute atomic E-state index is 0.156. The van der Waals surface area contributed by atoms with E-state index in [1.807, 2.05) is 6.08 Å². The first-order valence-electron chi connectivity index (χ1n) is 11.7. The molecule has 1 amide bonds. The van der Waals surface area contributed by atoms with Crippen LogP contribution in [0.2, 0.25) is 0 Å². The van der Waals surface area contributed by atoms with E-state index >= 15 is 0 Å². The van der Waals surface area contributed by atoms with E-state index in [-0.39, 0.29) is 34.4 Å². The van der Waals surface area contributed by atoms with Gasteiger partial charge in [-0.3, -0.25) is 14.4 Å². The summed E-state index contributed by atoms with van der Waals surface area (Å²) in [5.74, 6) is -1.88. The van der Waals surface area contributed by atoms with E-state index in [1.165, 1.54) is 37.1 Å². The highest BCUT2D eigenvalue weighted by Crippen LogP contribution is 2.37. The smallest absolute Gasteiger partial charge is 0.417 e. The van der Waals surface area contributed by atoms with E-state index in [2.05, 4.69) is 5.10 Å². The number of ether oxygens (including phenoxy) is 1. The molecule has 1 aliphatic rings. The number of aryl methyl sites for hydroxylation is 1. The molecular weight excluding hydrogens is 487 g/mol. The maximum absolute atomic E-state index is 13.8. The van der Waals surface area contributed by atoms with Crippen LogP contribution in [-0.4, -0.2) is 53.7 Å². The van der Waals surface area contributed by atoms with Crippen LogP contribution in [0.3, 0.4) is 0 Å². The molecule has 0 saturated heterocycles. The maximum Gasteiger partial charge on any atom is 0.417 e. The van der Waals surface area contributed by atoms with Gasteiger partial charge in [0.2, 0.25) is 0 Å². The summed E-state index contributed by atoms with van der Waals surface area (Å²) < 4.78 is 47.3. The summed E-state index contributed by atoms with van der Waals surface area (Å²) in [5, 5.41) is 5.00. The number of nitrogens with zero attached hydrogens (tertiary/aromatic N) is 3. The second-order valence-electron chi connectivity index (χ2n) is 9.22. The lowest BCUT2D eigenvalue weighted by Gasteiger charge is -2.19. The van der Waals surface area contributed by atoms with Gasteiger partial charge in [0.05, 0.1) is 35.4 Å². The predicted molar refractivity (Wildman–Crippen MR) is 131 cm³/mol. The SMILES string of the molecule is COC(=O)C1CC=C(c2nn(C(=O)c3c(C)cccc3C(F)(F)F)c3cc(C(=O)N(C)C)ccc23)CC1. The molecule has 4 rings (SSSR count). The molecule has 0 fully saturated rings. The number of allylic oxidation sites excluding steroid dienone is 2. The molecule has 2 aromatic carbocycles. The highest BCUT2D eigenvalue weighted by molar-refractivity contribution is 6.07. The number of benzene rings is 2. The van der Waals surface area contributed by atoms with Crippen molar-refractivity contribution in [3.63, 3.8) is 0 Å². The molecule has 7 nitrogen and oxygen atoms in total. The lowest BCUT2D eigenvalue weighted by atomic mass is 9.87. The van der Waals surface area contributed by atoms with Crippen LogP contribution in [0, 0.1) is 12.8 Å². The molecule has 10 heteroatoms. The second kappa shape index (κ2) is 9.84. The fraction of sp³-hybridized carbons (Fsp3) is 0.333. The van der Waals surface area contributed by atoms with Gasteiger partial charge in [0, 0.05) is 25.0 Å². The molecule has 0 aliphatic heterocycles. The lowest BCUT2D eigenvalue weighted by molar-refractivity contribution is -0.145. The van der Waals surface area contributed by atoms with Crippen LogP contribution < -0.4 is 0 Å². The van der Waals surface area contributed by atoms with E-state index in [1.54, 1.807) is 26.2 Å². The number of carbonyl (C=O) groups excluding carboxylic acids is 3. The molecule has 1 aromatic heterocycles. The van der Waals surface area contributed by atoms with E-state index < -0.39 is 23.2 Å². The molecule has 1 atom stereocenters. The topological polar surface area (TPSA) is 81.5 Å². The van der Waals surface area contributed by atoms with Crippen LogP contribution in [0.15, 0.2) is 42.5 Å². The predicted octanol–water partition coefficient (Wildman–Crippen LogP) is 5.11. The van der Waals surface area contributed by atoms with Gasteiger partial charge in [0.15, 0.2) is 0 Å². The first-order chi connectivity index (χ1) is 17.4. The highest BCUT2D eigenvalue weighted by atomic mass is 19.4. The van der Waals surface area contributed by atoms with E-state index in [4.69, 9.17) is 4.74 Å².